The minimum atomic E-state index is 0.0114. The van der Waals surface area contributed by atoms with E-state index in [1.807, 2.05) is 55.8 Å². The Labute approximate surface area is 117 Å². The van der Waals surface area contributed by atoms with Crippen LogP contribution in [0.3, 0.4) is 0 Å². The monoisotopic (exact) mass is 267 g/mol. The summed E-state index contributed by atoms with van der Waals surface area (Å²) in [6.45, 7) is 3.96. The van der Waals surface area contributed by atoms with Crippen molar-refractivity contribution in [3.8, 4) is 5.75 Å². The third kappa shape index (κ3) is 1.95. The molecule has 0 bridgehead atoms. The summed E-state index contributed by atoms with van der Waals surface area (Å²) in [5, 5.41) is 2.01. The topological polar surface area (TPSA) is 31.2 Å². The highest BCUT2D eigenvalue weighted by molar-refractivity contribution is 6.07. The number of aryl methyl sites for hydroxylation is 1. The molecular formula is C17H17NO2. The molecule has 0 atom stereocenters. The van der Waals surface area contributed by atoms with E-state index in [1.165, 1.54) is 0 Å². The van der Waals surface area contributed by atoms with E-state index in [0.29, 0.717) is 5.52 Å². The Kier molecular flexibility index (Phi) is 2.97. The van der Waals surface area contributed by atoms with E-state index >= 15 is 0 Å². The molecule has 0 radical (unpaired) electrons. The summed E-state index contributed by atoms with van der Waals surface area (Å²) < 4.78 is 7.70. The maximum atomic E-state index is 12.3. The zero-order chi connectivity index (χ0) is 14.3. The van der Waals surface area contributed by atoms with Gasteiger partial charge >= 0.3 is 0 Å². The van der Waals surface area contributed by atoms with Gasteiger partial charge in [-0.25, -0.2) is 0 Å². The Morgan fingerprint density at radius 1 is 1.05 bits per heavy atom. The molecule has 3 nitrogen and oxygen atoms in total. The number of rotatable bonds is 2. The van der Waals surface area contributed by atoms with E-state index < -0.39 is 0 Å². The zero-order valence-corrected chi connectivity index (χ0v) is 11.9. The molecule has 1 heterocycles. The molecule has 0 aliphatic carbocycles. The summed E-state index contributed by atoms with van der Waals surface area (Å²) in [5.74, 6) is 0.725. The average molecular weight is 267 g/mol. The van der Waals surface area contributed by atoms with Gasteiger partial charge in [0.25, 0.3) is 0 Å². The van der Waals surface area contributed by atoms with E-state index in [2.05, 4.69) is 0 Å². The molecule has 20 heavy (non-hydrogen) atoms. The average Bonchev–Trinajstić information content (AvgIpc) is 2.58. The van der Waals surface area contributed by atoms with Crippen LogP contribution in [0.25, 0.3) is 21.8 Å². The van der Waals surface area contributed by atoms with Gasteiger partial charge in [-0.3, -0.25) is 4.79 Å². The molecule has 0 spiro atoms. The molecule has 0 aliphatic rings. The number of benzene rings is 1. The predicted molar refractivity (Wildman–Crippen MR) is 82.5 cm³/mol. The van der Waals surface area contributed by atoms with Crippen LogP contribution in [0, 0.1) is 0 Å². The van der Waals surface area contributed by atoms with Crippen LogP contribution >= 0.6 is 0 Å². The first-order valence-electron chi connectivity index (χ1n) is 6.76. The van der Waals surface area contributed by atoms with Crippen molar-refractivity contribution in [3.05, 3.63) is 52.7 Å². The Hall–Kier alpha value is -2.29. The second kappa shape index (κ2) is 4.67. The summed E-state index contributed by atoms with van der Waals surface area (Å²) in [6, 6.07) is 13.3. The minimum Gasteiger partial charge on any atom is -0.491 e. The summed E-state index contributed by atoms with van der Waals surface area (Å²) in [7, 11) is 1.93. The molecule has 1 aromatic heterocycles. The van der Waals surface area contributed by atoms with Crippen LogP contribution in [0.15, 0.2) is 47.3 Å². The SMILES string of the molecule is CC(C)Oc1ccc(=O)c2c(c1)c1ccccc1n2C. The van der Waals surface area contributed by atoms with Crippen LogP contribution in [0.5, 0.6) is 5.75 Å². The largest absolute Gasteiger partial charge is 0.491 e. The van der Waals surface area contributed by atoms with Crippen molar-refractivity contribution in [1.82, 2.24) is 4.57 Å². The summed E-state index contributed by atoms with van der Waals surface area (Å²) in [4.78, 5) is 12.3. The lowest BCUT2D eigenvalue weighted by atomic mass is 10.2. The lowest BCUT2D eigenvalue weighted by Gasteiger charge is -2.07. The lowest BCUT2D eigenvalue weighted by molar-refractivity contribution is 0.243. The third-order valence-corrected chi connectivity index (χ3v) is 3.44. The predicted octanol–water partition coefficient (Wildman–Crippen LogP) is 3.48. The van der Waals surface area contributed by atoms with E-state index in [0.717, 1.165) is 22.0 Å². The van der Waals surface area contributed by atoms with Crippen molar-refractivity contribution in [3.63, 3.8) is 0 Å². The molecule has 0 fully saturated rings. The normalized spacial score (nSPS) is 11.4. The number of hydrogen-bond donors (Lipinski definition) is 0. The molecule has 0 amide bonds. The summed E-state index contributed by atoms with van der Waals surface area (Å²) in [6.07, 6.45) is 0.0810. The van der Waals surface area contributed by atoms with Gasteiger partial charge in [-0.15, -0.1) is 0 Å². The van der Waals surface area contributed by atoms with Crippen LogP contribution in [0.2, 0.25) is 0 Å². The Balaban J connectivity index is 2.46. The van der Waals surface area contributed by atoms with Gasteiger partial charge in [-0.05, 0) is 38.1 Å². The van der Waals surface area contributed by atoms with Gasteiger partial charge in [0.15, 0.2) is 0 Å². The second-order valence-corrected chi connectivity index (χ2v) is 5.25. The molecule has 0 aliphatic heterocycles. The van der Waals surface area contributed by atoms with Crippen molar-refractivity contribution < 1.29 is 4.74 Å². The van der Waals surface area contributed by atoms with Crippen molar-refractivity contribution in [1.29, 1.82) is 0 Å². The fourth-order valence-corrected chi connectivity index (χ4v) is 2.64. The van der Waals surface area contributed by atoms with Crippen molar-refractivity contribution >= 4 is 21.8 Å². The fraction of sp³-hybridized carbons (Fsp3) is 0.235. The van der Waals surface area contributed by atoms with Gasteiger partial charge in [0, 0.05) is 23.3 Å². The van der Waals surface area contributed by atoms with Crippen LogP contribution in [0.4, 0.5) is 0 Å². The molecule has 0 saturated heterocycles. The molecule has 3 heteroatoms. The molecule has 0 N–H and O–H groups in total. The van der Waals surface area contributed by atoms with Gasteiger partial charge in [-0.2, -0.15) is 0 Å². The van der Waals surface area contributed by atoms with E-state index in [-0.39, 0.29) is 11.5 Å². The molecule has 0 unspecified atom stereocenters. The maximum Gasteiger partial charge on any atom is 0.202 e. The van der Waals surface area contributed by atoms with Gasteiger partial charge in [-0.1, -0.05) is 18.2 Å². The van der Waals surface area contributed by atoms with Gasteiger partial charge < -0.3 is 9.30 Å². The van der Waals surface area contributed by atoms with Crippen LogP contribution in [0.1, 0.15) is 13.8 Å². The number of hydrogen-bond acceptors (Lipinski definition) is 2. The zero-order valence-electron chi connectivity index (χ0n) is 11.9. The Morgan fingerprint density at radius 2 is 1.80 bits per heavy atom. The van der Waals surface area contributed by atoms with Gasteiger partial charge in [0.1, 0.15) is 5.75 Å². The van der Waals surface area contributed by atoms with Gasteiger partial charge in [0.05, 0.1) is 11.6 Å². The van der Waals surface area contributed by atoms with E-state index in [9.17, 15) is 4.79 Å². The first-order valence-corrected chi connectivity index (χ1v) is 6.76. The highest BCUT2D eigenvalue weighted by Gasteiger charge is 2.10. The molecule has 102 valence electrons. The maximum absolute atomic E-state index is 12.3. The number of aromatic nitrogens is 1. The van der Waals surface area contributed by atoms with E-state index in [1.54, 1.807) is 12.1 Å². The minimum absolute atomic E-state index is 0.0114. The first kappa shape index (κ1) is 12.7. The standard InChI is InChI=1S/C17H17NO2/c1-11(2)20-12-8-9-16(19)17-14(10-12)13-6-4-5-7-15(13)18(17)3/h4-11H,1-3H3. The van der Waals surface area contributed by atoms with Crippen molar-refractivity contribution in [2.75, 3.05) is 0 Å². The second-order valence-electron chi connectivity index (χ2n) is 5.25. The fourth-order valence-electron chi connectivity index (χ4n) is 2.64. The summed E-state index contributed by atoms with van der Waals surface area (Å²) >= 11 is 0. The number of fused-ring (bicyclic) bond motifs is 3. The third-order valence-electron chi connectivity index (χ3n) is 3.44. The van der Waals surface area contributed by atoms with Crippen molar-refractivity contribution in [2.24, 2.45) is 7.05 Å². The van der Waals surface area contributed by atoms with Crippen LogP contribution < -0.4 is 10.2 Å². The van der Waals surface area contributed by atoms with Crippen LogP contribution in [-0.2, 0) is 7.05 Å². The van der Waals surface area contributed by atoms with Crippen LogP contribution in [-0.4, -0.2) is 10.7 Å². The number of nitrogens with zero attached hydrogens (tertiary/aromatic N) is 1. The number of para-hydroxylation sites is 1. The molecular weight excluding hydrogens is 250 g/mol. The molecule has 0 saturated carbocycles. The highest BCUT2D eigenvalue weighted by atomic mass is 16.5. The molecule has 3 aromatic rings. The quantitative estimate of drug-likeness (QED) is 0.712. The van der Waals surface area contributed by atoms with Gasteiger partial charge in [0.2, 0.25) is 5.43 Å². The summed E-state index contributed by atoms with van der Waals surface area (Å²) in [5.41, 5.74) is 1.78. The van der Waals surface area contributed by atoms with Crippen molar-refractivity contribution in [2.45, 2.75) is 20.0 Å². The smallest absolute Gasteiger partial charge is 0.202 e. The Morgan fingerprint density at radius 3 is 2.55 bits per heavy atom. The molecule has 2 aromatic carbocycles. The number of ether oxygens (including phenoxy) is 1. The Bertz CT molecular complexity index is 847. The first-order chi connectivity index (χ1) is 9.58. The van der Waals surface area contributed by atoms with E-state index in [4.69, 9.17) is 4.74 Å². The lowest BCUT2D eigenvalue weighted by Crippen LogP contribution is -2.04. The molecule has 3 rings (SSSR count). The highest BCUT2D eigenvalue weighted by Crippen LogP contribution is 2.27.